The number of fused-ring (bicyclic) bond motifs is 2. The molecule has 0 saturated heterocycles. The lowest BCUT2D eigenvalue weighted by Gasteiger charge is -2.05. The number of nitrogens with zero attached hydrogens (tertiary/aromatic N) is 3. The Hall–Kier alpha value is -2.27. The average molecular weight is 339 g/mol. The molecular formula is C16H11BrN4. The van der Waals surface area contributed by atoms with Gasteiger partial charge >= 0.3 is 0 Å². The standard InChI is InChI=1S/C16H11BrN4/c1-9-6-12(11-4-2-3-5-13(11)19-9)15-20-14-7-10(17)8-18-16(14)21-15/h2-8H,1H3,(H,18,20,21). The van der Waals surface area contributed by atoms with E-state index < -0.39 is 0 Å². The number of benzene rings is 1. The van der Waals surface area contributed by atoms with E-state index in [1.165, 1.54) is 0 Å². The van der Waals surface area contributed by atoms with Crippen molar-refractivity contribution in [3.8, 4) is 11.4 Å². The third-order valence-corrected chi connectivity index (χ3v) is 3.84. The summed E-state index contributed by atoms with van der Waals surface area (Å²) in [5.41, 5.74) is 4.62. The molecule has 3 aromatic heterocycles. The number of H-pyrrole nitrogens is 1. The van der Waals surface area contributed by atoms with Gasteiger partial charge in [0.25, 0.3) is 0 Å². The SMILES string of the molecule is Cc1cc(-c2nc3ncc(Br)cc3[nH]2)c2ccccc2n1. The Morgan fingerprint density at radius 1 is 1.10 bits per heavy atom. The molecule has 0 aliphatic heterocycles. The van der Waals surface area contributed by atoms with Crippen molar-refractivity contribution in [1.29, 1.82) is 0 Å². The Kier molecular flexibility index (Phi) is 2.75. The van der Waals surface area contributed by atoms with Gasteiger partial charge in [-0.2, -0.15) is 0 Å². The molecule has 5 heteroatoms. The summed E-state index contributed by atoms with van der Waals surface area (Å²) in [4.78, 5) is 16.8. The van der Waals surface area contributed by atoms with Crippen molar-refractivity contribution in [2.45, 2.75) is 6.92 Å². The predicted molar refractivity (Wildman–Crippen MR) is 87.1 cm³/mol. The molecule has 1 aromatic carbocycles. The van der Waals surface area contributed by atoms with Gasteiger partial charge in [0.2, 0.25) is 0 Å². The molecule has 0 fully saturated rings. The normalized spacial score (nSPS) is 11.3. The van der Waals surface area contributed by atoms with Crippen LogP contribution in [0.25, 0.3) is 33.5 Å². The van der Waals surface area contributed by atoms with Crippen LogP contribution in [0.15, 0.2) is 47.1 Å². The summed E-state index contributed by atoms with van der Waals surface area (Å²) in [5, 5.41) is 1.08. The van der Waals surface area contributed by atoms with E-state index in [0.29, 0.717) is 5.65 Å². The van der Waals surface area contributed by atoms with Gasteiger partial charge in [-0.25, -0.2) is 9.97 Å². The molecule has 0 spiro atoms. The Morgan fingerprint density at radius 2 is 1.95 bits per heavy atom. The van der Waals surface area contributed by atoms with Gasteiger partial charge in [0, 0.05) is 27.3 Å². The van der Waals surface area contributed by atoms with Crippen LogP contribution in [-0.2, 0) is 0 Å². The van der Waals surface area contributed by atoms with Gasteiger partial charge in [0.05, 0.1) is 11.0 Å². The van der Waals surface area contributed by atoms with Crippen LogP contribution in [0.1, 0.15) is 5.69 Å². The summed E-state index contributed by atoms with van der Waals surface area (Å²) < 4.78 is 0.931. The van der Waals surface area contributed by atoms with E-state index in [1.54, 1.807) is 6.20 Å². The lowest BCUT2D eigenvalue weighted by Crippen LogP contribution is -1.89. The van der Waals surface area contributed by atoms with Crippen LogP contribution < -0.4 is 0 Å². The molecule has 0 atom stereocenters. The van der Waals surface area contributed by atoms with Crippen LogP contribution in [0.2, 0.25) is 0 Å². The topological polar surface area (TPSA) is 54.5 Å². The number of halogens is 1. The molecule has 21 heavy (non-hydrogen) atoms. The number of aryl methyl sites for hydroxylation is 1. The second-order valence-electron chi connectivity index (χ2n) is 4.94. The first-order valence-corrected chi connectivity index (χ1v) is 7.38. The third-order valence-electron chi connectivity index (χ3n) is 3.40. The summed E-state index contributed by atoms with van der Waals surface area (Å²) in [5.74, 6) is 0.817. The lowest BCUT2D eigenvalue weighted by atomic mass is 10.1. The van der Waals surface area contributed by atoms with Crippen molar-refractivity contribution in [3.63, 3.8) is 0 Å². The number of imidazole rings is 1. The van der Waals surface area contributed by atoms with Crippen LogP contribution >= 0.6 is 15.9 Å². The fourth-order valence-electron chi connectivity index (χ4n) is 2.51. The molecule has 0 saturated carbocycles. The van der Waals surface area contributed by atoms with Crippen LogP contribution in [0.5, 0.6) is 0 Å². The Morgan fingerprint density at radius 3 is 2.86 bits per heavy atom. The summed E-state index contributed by atoms with van der Waals surface area (Å²) in [7, 11) is 0. The van der Waals surface area contributed by atoms with Gasteiger partial charge in [-0.3, -0.25) is 4.98 Å². The first-order valence-electron chi connectivity index (χ1n) is 6.59. The van der Waals surface area contributed by atoms with Gasteiger partial charge in [-0.05, 0) is 41.1 Å². The van der Waals surface area contributed by atoms with E-state index in [-0.39, 0.29) is 0 Å². The molecule has 0 unspecified atom stereocenters. The molecule has 0 aliphatic carbocycles. The summed E-state index contributed by atoms with van der Waals surface area (Å²) >= 11 is 3.43. The number of aromatic amines is 1. The monoisotopic (exact) mass is 338 g/mol. The van der Waals surface area contributed by atoms with Crippen LogP contribution in [0, 0.1) is 6.92 Å². The maximum Gasteiger partial charge on any atom is 0.178 e. The van der Waals surface area contributed by atoms with Crippen molar-refractivity contribution in [1.82, 2.24) is 19.9 Å². The van der Waals surface area contributed by atoms with Crippen LogP contribution in [-0.4, -0.2) is 19.9 Å². The molecule has 3 heterocycles. The van der Waals surface area contributed by atoms with Crippen molar-refractivity contribution in [3.05, 3.63) is 52.8 Å². The maximum absolute atomic E-state index is 4.60. The average Bonchev–Trinajstić information content (AvgIpc) is 2.89. The molecule has 4 nitrogen and oxygen atoms in total. The fraction of sp³-hybridized carbons (Fsp3) is 0.0625. The smallest absolute Gasteiger partial charge is 0.178 e. The highest BCUT2D eigenvalue weighted by Crippen LogP contribution is 2.28. The van der Waals surface area contributed by atoms with Gasteiger partial charge < -0.3 is 4.98 Å². The van der Waals surface area contributed by atoms with E-state index in [1.807, 2.05) is 31.2 Å². The molecule has 1 N–H and O–H groups in total. The van der Waals surface area contributed by atoms with E-state index in [9.17, 15) is 0 Å². The zero-order valence-corrected chi connectivity index (χ0v) is 12.8. The largest absolute Gasteiger partial charge is 0.337 e. The minimum Gasteiger partial charge on any atom is -0.337 e. The minimum absolute atomic E-state index is 0.715. The number of para-hydroxylation sites is 1. The quantitative estimate of drug-likeness (QED) is 0.564. The molecule has 102 valence electrons. The predicted octanol–water partition coefficient (Wildman–Crippen LogP) is 4.24. The highest BCUT2D eigenvalue weighted by Gasteiger charge is 2.11. The number of nitrogens with one attached hydrogen (secondary N) is 1. The first-order chi connectivity index (χ1) is 10.2. The lowest BCUT2D eigenvalue weighted by molar-refractivity contribution is 1.24. The highest BCUT2D eigenvalue weighted by molar-refractivity contribution is 9.10. The minimum atomic E-state index is 0.715. The van der Waals surface area contributed by atoms with E-state index in [4.69, 9.17) is 0 Å². The zero-order valence-electron chi connectivity index (χ0n) is 11.3. The molecule has 0 amide bonds. The molecular weight excluding hydrogens is 328 g/mol. The molecule has 4 aromatic rings. The van der Waals surface area contributed by atoms with E-state index >= 15 is 0 Å². The van der Waals surface area contributed by atoms with Crippen LogP contribution in [0.3, 0.4) is 0 Å². The highest BCUT2D eigenvalue weighted by atomic mass is 79.9. The van der Waals surface area contributed by atoms with Gasteiger partial charge in [0.15, 0.2) is 5.65 Å². The van der Waals surface area contributed by atoms with Crippen molar-refractivity contribution < 1.29 is 0 Å². The molecule has 0 aliphatic rings. The molecule has 0 radical (unpaired) electrons. The first kappa shape index (κ1) is 12.5. The Bertz CT molecular complexity index is 975. The second kappa shape index (κ2) is 4.63. The number of rotatable bonds is 1. The summed E-state index contributed by atoms with van der Waals surface area (Å²) in [6, 6.07) is 12.1. The van der Waals surface area contributed by atoms with Crippen molar-refractivity contribution in [2.24, 2.45) is 0 Å². The Balaban J connectivity index is 2.03. The summed E-state index contributed by atoms with van der Waals surface area (Å²) in [6.45, 7) is 1.99. The fourth-order valence-corrected chi connectivity index (χ4v) is 2.84. The Labute approximate surface area is 129 Å². The van der Waals surface area contributed by atoms with E-state index in [0.717, 1.165) is 38.0 Å². The number of hydrogen-bond acceptors (Lipinski definition) is 3. The third kappa shape index (κ3) is 2.10. The maximum atomic E-state index is 4.60. The van der Waals surface area contributed by atoms with Gasteiger partial charge in [-0.1, -0.05) is 18.2 Å². The van der Waals surface area contributed by atoms with Gasteiger partial charge in [0.1, 0.15) is 5.82 Å². The van der Waals surface area contributed by atoms with Crippen LogP contribution in [0.4, 0.5) is 0 Å². The number of pyridine rings is 2. The molecule has 0 bridgehead atoms. The van der Waals surface area contributed by atoms with E-state index in [2.05, 4.69) is 48.0 Å². The molecule has 4 rings (SSSR count). The zero-order chi connectivity index (χ0) is 14.4. The second-order valence-corrected chi connectivity index (χ2v) is 5.85. The number of hydrogen-bond donors (Lipinski definition) is 1. The summed E-state index contributed by atoms with van der Waals surface area (Å²) in [6.07, 6.45) is 1.75. The number of aromatic nitrogens is 4. The van der Waals surface area contributed by atoms with Crippen molar-refractivity contribution >= 4 is 38.0 Å². The van der Waals surface area contributed by atoms with Crippen molar-refractivity contribution in [2.75, 3.05) is 0 Å². The van der Waals surface area contributed by atoms with Gasteiger partial charge in [-0.15, -0.1) is 0 Å².